The second kappa shape index (κ2) is 6.32. The molecule has 0 atom stereocenters. The summed E-state index contributed by atoms with van der Waals surface area (Å²) in [5, 5.41) is 9.63. The van der Waals surface area contributed by atoms with E-state index in [-0.39, 0.29) is 6.10 Å². The third-order valence-corrected chi connectivity index (χ3v) is 4.07. The molecule has 1 saturated heterocycles. The quantitative estimate of drug-likeness (QED) is 0.943. The maximum atomic E-state index is 9.63. The highest BCUT2D eigenvalue weighted by Crippen LogP contribution is 2.31. The molecule has 0 unspecified atom stereocenters. The summed E-state index contributed by atoms with van der Waals surface area (Å²) in [5.74, 6) is 1.71. The fraction of sp³-hybridized carbons (Fsp3) is 0.412. The van der Waals surface area contributed by atoms with Gasteiger partial charge in [-0.05, 0) is 31.9 Å². The first-order chi connectivity index (χ1) is 10.7. The van der Waals surface area contributed by atoms with Crippen molar-refractivity contribution in [3.8, 4) is 17.0 Å². The number of aliphatic hydroxyl groups excluding tert-OH is 1. The lowest BCUT2D eigenvalue weighted by Crippen LogP contribution is -2.36. The molecule has 0 saturated carbocycles. The van der Waals surface area contributed by atoms with Crippen molar-refractivity contribution in [3.05, 3.63) is 36.2 Å². The number of aromatic nitrogens is 2. The van der Waals surface area contributed by atoms with Crippen molar-refractivity contribution in [2.24, 2.45) is 0 Å². The van der Waals surface area contributed by atoms with Crippen LogP contribution in [0.15, 0.2) is 30.6 Å². The van der Waals surface area contributed by atoms with Crippen LogP contribution in [0.5, 0.6) is 5.75 Å². The second-order valence-corrected chi connectivity index (χ2v) is 5.68. The number of nitrogens with zero attached hydrogens (tertiary/aromatic N) is 3. The monoisotopic (exact) mass is 299 g/mol. The molecule has 1 N–H and O–H groups in total. The van der Waals surface area contributed by atoms with Gasteiger partial charge in [0.1, 0.15) is 17.9 Å². The van der Waals surface area contributed by atoms with Crippen molar-refractivity contribution in [1.29, 1.82) is 0 Å². The van der Waals surface area contributed by atoms with Crippen molar-refractivity contribution in [1.82, 2.24) is 9.97 Å². The Morgan fingerprint density at radius 2 is 1.95 bits per heavy atom. The van der Waals surface area contributed by atoms with Gasteiger partial charge in [-0.2, -0.15) is 0 Å². The lowest BCUT2D eigenvalue weighted by molar-refractivity contribution is 0.145. The summed E-state index contributed by atoms with van der Waals surface area (Å²) in [6.45, 7) is 3.70. The normalized spacial score (nSPS) is 15.9. The molecule has 1 aliphatic heterocycles. The van der Waals surface area contributed by atoms with Crippen molar-refractivity contribution >= 4 is 5.82 Å². The molecule has 2 aromatic rings. The van der Waals surface area contributed by atoms with Crippen LogP contribution in [0.4, 0.5) is 5.82 Å². The highest BCUT2D eigenvalue weighted by molar-refractivity contribution is 5.70. The summed E-state index contributed by atoms with van der Waals surface area (Å²) in [4.78, 5) is 11.0. The number of benzene rings is 1. The van der Waals surface area contributed by atoms with E-state index >= 15 is 0 Å². The van der Waals surface area contributed by atoms with Crippen molar-refractivity contribution in [3.63, 3.8) is 0 Å². The first-order valence-electron chi connectivity index (χ1n) is 7.57. The van der Waals surface area contributed by atoms with E-state index in [0.717, 1.165) is 54.3 Å². The summed E-state index contributed by atoms with van der Waals surface area (Å²) in [6.07, 6.45) is 2.98. The second-order valence-electron chi connectivity index (χ2n) is 5.68. The Labute approximate surface area is 130 Å². The topological polar surface area (TPSA) is 58.5 Å². The molecule has 22 heavy (non-hydrogen) atoms. The lowest BCUT2D eigenvalue weighted by Gasteiger charge is -2.30. The first-order valence-corrected chi connectivity index (χ1v) is 7.57. The van der Waals surface area contributed by atoms with Gasteiger partial charge in [0.2, 0.25) is 0 Å². The predicted octanol–water partition coefficient (Wildman–Crippen LogP) is 2.42. The Kier molecular flexibility index (Phi) is 4.24. The van der Waals surface area contributed by atoms with E-state index < -0.39 is 0 Å². The van der Waals surface area contributed by atoms with Crippen LogP contribution in [0.25, 0.3) is 11.3 Å². The highest BCUT2D eigenvalue weighted by atomic mass is 16.5. The maximum absolute atomic E-state index is 9.63. The molecule has 1 aromatic heterocycles. The summed E-state index contributed by atoms with van der Waals surface area (Å²) in [6, 6.07) is 8.06. The van der Waals surface area contributed by atoms with Crippen LogP contribution < -0.4 is 9.64 Å². The molecular formula is C17H21N3O2. The zero-order chi connectivity index (χ0) is 15.5. The van der Waals surface area contributed by atoms with Gasteiger partial charge in [0.25, 0.3) is 0 Å². The highest BCUT2D eigenvalue weighted by Gasteiger charge is 2.19. The smallest absolute Gasteiger partial charge is 0.132 e. The van der Waals surface area contributed by atoms with Gasteiger partial charge in [-0.15, -0.1) is 0 Å². The molecule has 0 amide bonds. The van der Waals surface area contributed by atoms with Gasteiger partial charge in [0.15, 0.2) is 0 Å². The van der Waals surface area contributed by atoms with Gasteiger partial charge < -0.3 is 14.7 Å². The van der Waals surface area contributed by atoms with E-state index in [1.165, 1.54) is 0 Å². The van der Waals surface area contributed by atoms with Crippen LogP contribution in [0.3, 0.4) is 0 Å². The van der Waals surface area contributed by atoms with Gasteiger partial charge in [-0.1, -0.05) is 11.6 Å². The molecule has 116 valence electrons. The summed E-state index contributed by atoms with van der Waals surface area (Å²) >= 11 is 0. The standard InChI is InChI=1S/C17H21N3O2/c1-12-3-4-16(22-2)14(9-12)15-10-17(19-11-18-15)20-7-5-13(21)6-8-20/h3-4,9-11,13,21H,5-8H2,1-2H3. The molecule has 5 heteroatoms. The minimum Gasteiger partial charge on any atom is -0.496 e. The van der Waals surface area contributed by atoms with E-state index in [9.17, 15) is 5.11 Å². The van der Waals surface area contributed by atoms with Crippen molar-refractivity contribution in [2.45, 2.75) is 25.9 Å². The fourth-order valence-electron chi connectivity index (χ4n) is 2.78. The third-order valence-electron chi connectivity index (χ3n) is 4.07. The summed E-state index contributed by atoms with van der Waals surface area (Å²) in [5.41, 5.74) is 3.00. The molecule has 0 aliphatic carbocycles. The number of rotatable bonds is 3. The molecule has 5 nitrogen and oxygen atoms in total. The minimum absolute atomic E-state index is 0.186. The number of ether oxygens (including phenoxy) is 1. The zero-order valence-corrected chi connectivity index (χ0v) is 13.0. The molecule has 1 fully saturated rings. The van der Waals surface area contributed by atoms with Crippen LogP contribution >= 0.6 is 0 Å². The van der Waals surface area contributed by atoms with E-state index in [1.807, 2.05) is 18.2 Å². The van der Waals surface area contributed by atoms with Crippen LogP contribution in [0.2, 0.25) is 0 Å². The maximum Gasteiger partial charge on any atom is 0.132 e. The van der Waals surface area contributed by atoms with Crippen LogP contribution in [0, 0.1) is 6.92 Å². The average Bonchev–Trinajstić information content (AvgIpc) is 2.55. The third kappa shape index (κ3) is 3.04. The van der Waals surface area contributed by atoms with Gasteiger partial charge >= 0.3 is 0 Å². The largest absolute Gasteiger partial charge is 0.496 e. The summed E-state index contributed by atoms with van der Waals surface area (Å²) < 4.78 is 5.45. The number of methoxy groups -OCH3 is 1. The van der Waals surface area contributed by atoms with Crippen molar-refractivity contribution in [2.75, 3.05) is 25.1 Å². The minimum atomic E-state index is -0.186. The fourth-order valence-corrected chi connectivity index (χ4v) is 2.78. The number of piperidine rings is 1. The Bertz CT molecular complexity index is 652. The lowest BCUT2D eigenvalue weighted by atomic mass is 10.1. The van der Waals surface area contributed by atoms with Gasteiger partial charge in [-0.3, -0.25) is 0 Å². The molecule has 0 spiro atoms. The Balaban J connectivity index is 1.93. The van der Waals surface area contributed by atoms with Crippen LogP contribution in [0.1, 0.15) is 18.4 Å². The Morgan fingerprint density at radius 1 is 1.18 bits per heavy atom. The molecule has 1 aliphatic rings. The number of hydrogen-bond donors (Lipinski definition) is 1. The van der Waals surface area contributed by atoms with E-state index in [1.54, 1.807) is 13.4 Å². The summed E-state index contributed by atoms with van der Waals surface area (Å²) in [7, 11) is 1.67. The molecule has 0 bridgehead atoms. The van der Waals surface area contributed by atoms with Gasteiger partial charge in [0, 0.05) is 24.7 Å². The predicted molar refractivity (Wildman–Crippen MR) is 86.2 cm³/mol. The van der Waals surface area contributed by atoms with E-state index in [4.69, 9.17) is 4.74 Å². The number of anilines is 1. The number of aryl methyl sites for hydroxylation is 1. The van der Waals surface area contributed by atoms with Crippen molar-refractivity contribution < 1.29 is 9.84 Å². The van der Waals surface area contributed by atoms with Crippen LogP contribution in [-0.4, -0.2) is 41.4 Å². The van der Waals surface area contributed by atoms with E-state index in [0.29, 0.717) is 0 Å². The number of hydrogen-bond acceptors (Lipinski definition) is 5. The molecule has 1 aromatic carbocycles. The Hall–Kier alpha value is -2.14. The van der Waals surface area contributed by atoms with Gasteiger partial charge in [-0.25, -0.2) is 9.97 Å². The number of aliphatic hydroxyl groups is 1. The van der Waals surface area contributed by atoms with E-state index in [2.05, 4.69) is 27.9 Å². The zero-order valence-electron chi connectivity index (χ0n) is 13.0. The molecule has 0 radical (unpaired) electrons. The molecule has 3 rings (SSSR count). The molecule has 2 heterocycles. The SMILES string of the molecule is COc1ccc(C)cc1-c1cc(N2CCC(O)CC2)ncn1. The Morgan fingerprint density at radius 3 is 2.68 bits per heavy atom. The first kappa shape index (κ1) is 14.8. The molecular weight excluding hydrogens is 278 g/mol. The van der Waals surface area contributed by atoms with Gasteiger partial charge in [0.05, 0.1) is 18.9 Å². The van der Waals surface area contributed by atoms with Crippen LogP contribution in [-0.2, 0) is 0 Å². The average molecular weight is 299 g/mol.